The van der Waals surface area contributed by atoms with E-state index in [2.05, 4.69) is 15.3 Å². The Bertz CT molecular complexity index is 753. The highest BCUT2D eigenvalue weighted by Gasteiger charge is 2.18. The number of rotatable bonds is 3. The minimum absolute atomic E-state index is 0.0845. The van der Waals surface area contributed by atoms with Crippen LogP contribution in [0.1, 0.15) is 22.8 Å². The molecule has 8 nitrogen and oxygen atoms in total. The zero-order valence-electron chi connectivity index (χ0n) is 10.9. The number of pyridine rings is 1. The number of aromatic nitrogens is 4. The molecule has 0 atom stereocenters. The molecule has 0 radical (unpaired) electrons. The summed E-state index contributed by atoms with van der Waals surface area (Å²) in [5.41, 5.74) is -0.349. The number of nitrogens with one attached hydrogen (secondary N) is 1. The molecule has 0 aliphatic heterocycles. The number of hydrogen-bond donors (Lipinski definition) is 1. The second-order valence-electron chi connectivity index (χ2n) is 3.91. The van der Waals surface area contributed by atoms with Gasteiger partial charge in [-0.15, -0.1) is 5.10 Å². The topological polar surface area (TPSA) is 114 Å². The summed E-state index contributed by atoms with van der Waals surface area (Å²) < 4.78 is 6.29. The van der Waals surface area contributed by atoms with Gasteiger partial charge in [0.05, 0.1) is 24.1 Å². The van der Waals surface area contributed by atoms with Crippen LogP contribution in [0, 0.1) is 11.3 Å². The Morgan fingerprint density at radius 1 is 1.60 bits per heavy atom. The number of nitrogens with zero attached hydrogens (tertiary/aromatic N) is 4. The maximum Gasteiger partial charge on any atom is 0.339 e. The summed E-state index contributed by atoms with van der Waals surface area (Å²) in [5, 5.41) is 16.5. The molecule has 0 unspecified atom stereocenters. The number of hydrogen-bond acceptors (Lipinski definition) is 6. The van der Waals surface area contributed by atoms with E-state index in [9.17, 15) is 9.59 Å². The smallest absolute Gasteiger partial charge is 0.339 e. The van der Waals surface area contributed by atoms with Gasteiger partial charge in [-0.05, 0) is 13.0 Å². The minimum atomic E-state index is -0.722. The van der Waals surface area contributed by atoms with Crippen molar-refractivity contribution >= 4 is 5.97 Å². The first-order valence-corrected chi connectivity index (χ1v) is 5.78. The average Bonchev–Trinajstić information content (AvgIpc) is 2.84. The molecule has 20 heavy (non-hydrogen) atoms. The molecular weight excluding hydrogens is 262 g/mol. The standard InChI is InChI=1S/C12H11N5O3/c1-3-20-12(19)7-4-9(10-6-17(2)16-15-10)14-11(18)8(7)5-13/h4,6H,3H2,1-2H3,(H,14,18). The molecule has 0 saturated heterocycles. The Balaban J connectivity index is 2.61. The van der Waals surface area contributed by atoms with Crippen LogP contribution >= 0.6 is 0 Å². The zero-order chi connectivity index (χ0) is 14.7. The molecule has 2 aromatic heterocycles. The SMILES string of the molecule is CCOC(=O)c1cc(-c2cn(C)nn2)[nH]c(=O)c1C#N. The molecule has 0 aromatic carbocycles. The van der Waals surface area contributed by atoms with Crippen LogP contribution in [-0.4, -0.2) is 32.6 Å². The average molecular weight is 273 g/mol. The minimum Gasteiger partial charge on any atom is -0.462 e. The predicted molar refractivity (Wildman–Crippen MR) is 67.7 cm³/mol. The normalized spacial score (nSPS) is 10.1. The van der Waals surface area contributed by atoms with Crippen molar-refractivity contribution in [3.8, 4) is 17.5 Å². The largest absolute Gasteiger partial charge is 0.462 e. The van der Waals surface area contributed by atoms with Crippen LogP contribution in [-0.2, 0) is 11.8 Å². The number of nitriles is 1. The van der Waals surface area contributed by atoms with Crippen molar-refractivity contribution < 1.29 is 9.53 Å². The van der Waals surface area contributed by atoms with Gasteiger partial charge in [-0.1, -0.05) is 5.21 Å². The first-order chi connectivity index (χ1) is 9.56. The van der Waals surface area contributed by atoms with E-state index in [4.69, 9.17) is 10.00 Å². The summed E-state index contributed by atoms with van der Waals surface area (Å²) in [4.78, 5) is 26.1. The van der Waals surface area contributed by atoms with Gasteiger partial charge in [0, 0.05) is 7.05 Å². The Labute approximate surface area is 113 Å². The highest BCUT2D eigenvalue weighted by atomic mass is 16.5. The Kier molecular flexibility index (Phi) is 3.61. The summed E-state index contributed by atoms with van der Waals surface area (Å²) >= 11 is 0. The lowest BCUT2D eigenvalue weighted by Crippen LogP contribution is -2.18. The summed E-state index contributed by atoms with van der Waals surface area (Å²) in [6.45, 7) is 1.79. The van der Waals surface area contributed by atoms with Crippen LogP contribution in [0.3, 0.4) is 0 Å². The fourth-order valence-corrected chi connectivity index (χ4v) is 1.65. The maximum atomic E-state index is 11.8. The fourth-order valence-electron chi connectivity index (χ4n) is 1.65. The third-order valence-electron chi connectivity index (χ3n) is 2.52. The van der Waals surface area contributed by atoms with Gasteiger partial charge in [0.1, 0.15) is 17.3 Å². The van der Waals surface area contributed by atoms with Crippen LogP contribution < -0.4 is 5.56 Å². The quantitative estimate of drug-likeness (QED) is 0.800. The molecule has 8 heteroatoms. The summed E-state index contributed by atoms with van der Waals surface area (Å²) in [7, 11) is 1.67. The van der Waals surface area contributed by atoms with Crippen LogP contribution in [0.2, 0.25) is 0 Å². The van der Waals surface area contributed by atoms with E-state index in [-0.39, 0.29) is 17.7 Å². The first kappa shape index (κ1) is 13.5. The van der Waals surface area contributed by atoms with Gasteiger partial charge in [0.25, 0.3) is 5.56 Å². The summed E-state index contributed by atoms with van der Waals surface area (Å²) in [5.74, 6) is -0.722. The van der Waals surface area contributed by atoms with Crippen molar-refractivity contribution in [2.45, 2.75) is 6.92 Å². The Morgan fingerprint density at radius 2 is 2.35 bits per heavy atom. The lowest BCUT2D eigenvalue weighted by atomic mass is 10.1. The molecule has 0 bridgehead atoms. The van der Waals surface area contributed by atoms with Gasteiger partial charge in [-0.3, -0.25) is 9.48 Å². The predicted octanol–water partition coefficient (Wildman–Crippen LogP) is 0.219. The van der Waals surface area contributed by atoms with E-state index in [0.29, 0.717) is 11.4 Å². The number of aromatic amines is 1. The van der Waals surface area contributed by atoms with Crippen molar-refractivity contribution in [3.05, 3.63) is 33.7 Å². The van der Waals surface area contributed by atoms with Crippen LogP contribution in [0.15, 0.2) is 17.1 Å². The monoisotopic (exact) mass is 273 g/mol. The highest BCUT2D eigenvalue weighted by Crippen LogP contribution is 2.15. The van der Waals surface area contributed by atoms with Gasteiger partial charge >= 0.3 is 5.97 Å². The Hall–Kier alpha value is -2.95. The van der Waals surface area contributed by atoms with Crippen LogP contribution in [0.5, 0.6) is 0 Å². The van der Waals surface area contributed by atoms with E-state index in [1.54, 1.807) is 26.2 Å². The third kappa shape index (κ3) is 2.42. The molecule has 0 spiro atoms. The van der Waals surface area contributed by atoms with Gasteiger partial charge in [0.2, 0.25) is 0 Å². The molecule has 2 rings (SSSR count). The van der Waals surface area contributed by atoms with E-state index in [1.807, 2.05) is 0 Å². The molecule has 1 N–H and O–H groups in total. The first-order valence-electron chi connectivity index (χ1n) is 5.78. The van der Waals surface area contributed by atoms with Crippen LogP contribution in [0.25, 0.3) is 11.4 Å². The molecule has 102 valence electrons. The lowest BCUT2D eigenvalue weighted by Gasteiger charge is -2.05. The maximum absolute atomic E-state index is 11.8. The van der Waals surface area contributed by atoms with E-state index >= 15 is 0 Å². The molecule has 0 fully saturated rings. The van der Waals surface area contributed by atoms with Crippen molar-refractivity contribution in [1.29, 1.82) is 5.26 Å². The van der Waals surface area contributed by atoms with E-state index in [0.717, 1.165) is 0 Å². The summed E-state index contributed by atoms with van der Waals surface area (Å²) in [6.07, 6.45) is 1.58. The van der Waals surface area contributed by atoms with Gasteiger partial charge in [-0.25, -0.2) is 4.79 Å². The van der Waals surface area contributed by atoms with Gasteiger partial charge < -0.3 is 9.72 Å². The van der Waals surface area contributed by atoms with Crippen molar-refractivity contribution in [2.24, 2.45) is 7.05 Å². The van der Waals surface area contributed by atoms with Gasteiger partial charge in [-0.2, -0.15) is 5.26 Å². The molecule has 2 aromatic rings. The second-order valence-corrected chi connectivity index (χ2v) is 3.91. The molecule has 0 aliphatic carbocycles. The van der Waals surface area contributed by atoms with E-state index in [1.165, 1.54) is 10.7 Å². The molecule has 0 aliphatic rings. The third-order valence-corrected chi connectivity index (χ3v) is 2.52. The van der Waals surface area contributed by atoms with E-state index < -0.39 is 11.5 Å². The lowest BCUT2D eigenvalue weighted by molar-refractivity contribution is 0.0525. The number of H-pyrrole nitrogens is 1. The number of carbonyl (C=O) groups is 1. The fraction of sp³-hybridized carbons (Fsp3) is 0.250. The molecule has 2 heterocycles. The van der Waals surface area contributed by atoms with Crippen molar-refractivity contribution in [2.75, 3.05) is 6.61 Å². The highest BCUT2D eigenvalue weighted by molar-refractivity contribution is 5.93. The molecular formula is C12H11N5O3. The molecule has 0 saturated carbocycles. The van der Waals surface area contributed by atoms with Gasteiger partial charge in [0.15, 0.2) is 0 Å². The zero-order valence-corrected chi connectivity index (χ0v) is 10.9. The summed E-state index contributed by atoms with van der Waals surface area (Å²) in [6, 6.07) is 3.06. The number of aryl methyl sites for hydroxylation is 1. The van der Waals surface area contributed by atoms with Crippen molar-refractivity contribution in [3.63, 3.8) is 0 Å². The second kappa shape index (κ2) is 5.36. The number of carbonyl (C=O) groups excluding carboxylic acids is 1. The van der Waals surface area contributed by atoms with Crippen molar-refractivity contribution in [1.82, 2.24) is 20.0 Å². The molecule has 0 amide bonds. The number of esters is 1. The Morgan fingerprint density at radius 3 is 2.90 bits per heavy atom. The van der Waals surface area contributed by atoms with Crippen LogP contribution in [0.4, 0.5) is 0 Å². The number of ether oxygens (including phenoxy) is 1.